The van der Waals surface area contributed by atoms with Crippen LogP contribution in [0.1, 0.15) is 30.1 Å². The van der Waals surface area contributed by atoms with Crippen molar-refractivity contribution in [1.82, 2.24) is 15.0 Å². The van der Waals surface area contributed by atoms with E-state index < -0.39 is 0 Å². The minimum atomic E-state index is -0.178. The monoisotopic (exact) mass is 305 g/mol. The van der Waals surface area contributed by atoms with E-state index in [0.29, 0.717) is 30.9 Å². The van der Waals surface area contributed by atoms with Crippen molar-refractivity contribution in [1.29, 1.82) is 0 Å². The van der Waals surface area contributed by atoms with E-state index in [2.05, 4.69) is 15.0 Å². The van der Waals surface area contributed by atoms with Gasteiger partial charge in [-0.15, -0.1) is 0 Å². The topological polar surface area (TPSA) is 51.4 Å². The van der Waals surface area contributed by atoms with Crippen molar-refractivity contribution in [2.24, 2.45) is 0 Å². The summed E-state index contributed by atoms with van der Waals surface area (Å²) >= 11 is 0. The van der Waals surface area contributed by atoms with Gasteiger partial charge in [-0.25, -0.2) is 4.39 Å². The SMILES string of the molecule is COCc1noc(CN2CCC[C@@H]2Cc2cccc(F)c2)n1. The van der Waals surface area contributed by atoms with Gasteiger partial charge >= 0.3 is 0 Å². The second-order valence-electron chi connectivity index (χ2n) is 5.64. The highest BCUT2D eigenvalue weighted by molar-refractivity contribution is 5.17. The van der Waals surface area contributed by atoms with Crippen LogP contribution in [0.5, 0.6) is 0 Å². The van der Waals surface area contributed by atoms with E-state index in [1.54, 1.807) is 19.2 Å². The lowest BCUT2D eigenvalue weighted by molar-refractivity contribution is 0.174. The molecule has 0 spiro atoms. The fraction of sp³-hybridized carbons (Fsp3) is 0.500. The van der Waals surface area contributed by atoms with Crippen LogP contribution in [0.15, 0.2) is 28.8 Å². The molecule has 5 nitrogen and oxygen atoms in total. The molecule has 0 radical (unpaired) electrons. The summed E-state index contributed by atoms with van der Waals surface area (Å²) in [4.78, 5) is 6.64. The maximum Gasteiger partial charge on any atom is 0.240 e. The van der Waals surface area contributed by atoms with Crippen LogP contribution in [-0.4, -0.2) is 34.7 Å². The average molecular weight is 305 g/mol. The second kappa shape index (κ2) is 6.98. The summed E-state index contributed by atoms with van der Waals surface area (Å²) < 4.78 is 23.5. The highest BCUT2D eigenvalue weighted by atomic mass is 19.1. The lowest BCUT2D eigenvalue weighted by Crippen LogP contribution is -2.30. The number of hydrogen-bond donors (Lipinski definition) is 0. The fourth-order valence-corrected chi connectivity index (χ4v) is 2.99. The Morgan fingerprint density at radius 1 is 1.45 bits per heavy atom. The van der Waals surface area contributed by atoms with E-state index in [1.807, 2.05) is 6.07 Å². The first-order valence-corrected chi connectivity index (χ1v) is 7.53. The maximum atomic E-state index is 13.3. The largest absolute Gasteiger partial charge is 0.377 e. The van der Waals surface area contributed by atoms with Gasteiger partial charge in [0, 0.05) is 13.2 Å². The van der Waals surface area contributed by atoms with Crippen molar-refractivity contribution in [3.8, 4) is 0 Å². The summed E-state index contributed by atoms with van der Waals surface area (Å²) in [6.45, 7) is 1.99. The number of rotatable bonds is 6. The van der Waals surface area contributed by atoms with Gasteiger partial charge in [0.25, 0.3) is 0 Å². The molecule has 1 atom stereocenters. The zero-order chi connectivity index (χ0) is 15.4. The van der Waals surface area contributed by atoms with Gasteiger partial charge in [0.15, 0.2) is 5.82 Å². The predicted molar refractivity (Wildman–Crippen MR) is 78.5 cm³/mol. The molecule has 1 fully saturated rings. The van der Waals surface area contributed by atoms with Gasteiger partial charge in [-0.3, -0.25) is 4.90 Å². The van der Waals surface area contributed by atoms with Crippen LogP contribution >= 0.6 is 0 Å². The van der Waals surface area contributed by atoms with Crippen molar-refractivity contribution in [3.05, 3.63) is 47.4 Å². The van der Waals surface area contributed by atoms with Crippen LogP contribution in [0.4, 0.5) is 4.39 Å². The molecule has 6 heteroatoms. The summed E-state index contributed by atoms with van der Waals surface area (Å²) in [7, 11) is 1.60. The predicted octanol–water partition coefficient (Wildman–Crippen LogP) is 2.56. The first kappa shape index (κ1) is 15.1. The summed E-state index contributed by atoms with van der Waals surface area (Å²) in [5.74, 6) is 1.000. The molecule has 0 bridgehead atoms. The molecule has 0 amide bonds. The molecule has 118 valence electrons. The summed E-state index contributed by atoms with van der Waals surface area (Å²) in [5, 5.41) is 3.88. The van der Waals surface area contributed by atoms with Crippen LogP contribution in [-0.2, 0) is 24.3 Å². The van der Waals surface area contributed by atoms with Crippen LogP contribution in [0, 0.1) is 5.82 Å². The number of methoxy groups -OCH3 is 1. The summed E-state index contributed by atoms with van der Waals surface area (Å²) in [5.41, 5.74) is 1.03. The fourth-order valence-electron chi connectivity index (χ4n) is 2.99. The van der Waals surface area contributed by atoms with E-state index in [9.17, 15) is 4.39 Å². The van der Waals surface area contributed by atoms with Crippen LogP contribution < -0.4 is 0 Å². The van der Waals surface area contributed by atoms with E-state index in [0.717, 1.165) is 31.4 Å². The van der Waals surface area contributed by atoms with Gasteiger partial charge in [0.1, 0.15) is 12.4 Å². The molecule has 2 heterocycles. The quantitative estimate of drug-likeness (QED) is 0.821. The molecule has 2 aromatic rings. The van der Waals surface area contributed by atoms with Crippen molar-refractivity contribution in [3.63, 3.8) is 0 Å². The summed E-state index contributed by atoms with van der Waals surface area (Å²) in [6, 6.07) is 7.22. The minimum Gasteiger partial charge on any atom is -0.377 e. The molecule has 1 aliphatic rings. The Morgan fingerprint density at radius 2 is 2.36 bits per heavy atom. The van der Waals surface area contributed by atoms with Crippen LogP contribution in [0.2, 0.25) is 0 Å². The van der Waals surface area contributed by atoms with E-state index in [-0.39, 0.29) is 5.82 Å². The first-order chi connectivity index (χ1) is 10.7. The van der Waals surface area contributed by atoms with E-state index >= 15 is 0 Å². The molecule has 0 N–H and O–H groups in total. The third-order valence-corrected chi connectivity index (χ3v) is 3.98. The van der Waals surface area contributed by atoms with Gasteiger partial charge in [0.05, 0.1) is 6.54 Å². The molecule has 1 saturated heterocycles. The molecular weight excluding hydrogens is 285 g/mol. The van der Waals surface area contributed by atoms with Gasteiger partial charge in [-0.2, -0.15) is 4.98 Å². The number of hydrogen-bond acceptors (Lipinski definition) is 5. The highest BCUT2D eigenvalue weighted by Crippen LogP contribution is 2.23. The number of nitrogens with zero attached hydrogens (tertiary/aromatic N) is 3. The zero-order valence-corrected chi connectivity index (χ0v) is 12.7. The Morgan fingerprint density at radius 3 is 3.18 bits per heavy atom. The first-order valence-electron chi connectivity index (χ1n) is 7.53. The summed E-state index contributed by atoms with van der Waals surface area (Å²) in [6.07, 6.45) is 3.09. The molecule has 0 unspecified atom stereocenters. The number of benzene rings is 1. The van der Waals surface area contributed by atoms with Gasteiger partial charge in [-0.05, 0) is 43.5 Å². The van der Waals surface area contributed by atoms with Crippen molar-refractivity contribution in [2.75, 3.05) is 13.7 Å². The number of likely N-dealkylation sites (tertiary alicyclic amines) is 1. The second-order valence-corrected chi connectivity index (χ2v) is 5.64. The standard InChI is InChI=1S/C16H20FN3O2/c1-21-11-15-18-16(22-19-15)10-20-7-3-6-14(20)9-12-4-2-5-13(17)8-12/h2,4-5,8,14H,3,6-7,9-11H2,1H3/t14-/m1/s1. The number of ether oxygens (including phenoxy) is 1. The number of aromatic nitrogens is 2. The molecule has 1 aliphatic heterocycles. The molecule has 1 aromatic heterocycles. The smallest absolute Gasteiger partial charge is 0.240 e. The highest BCUT2D eigenvalue weighted by Gasteiger charge is 2.26. The van der Waals surface area contributed by atoms with E-state index in [4.69, 9.17) is 9.26 Å². The lowest BCUT2D eigenvalue weighted by Gasteiger charge is -2.22. The number of halogens is 1. The van der Waals surface area contributed by atoms with Crippen molar-refractivity contribution < 1.29 is 13.7 Å². The van der Waals surface area contributed by atoms with Gasteiger partial charge in [0.2, 0.25) is 5.89 Å². The van der Waals surface area contributed by atoms with E-state index in [1.165, 1.54) is 6.07 Å². The van der Waals surface area contributed by atoms with Crippen molar-refractivity contribution in [2.45, 2.75) is 38.5 Å². The van der Waals surface area contributed by atoms with Crippen molar-refractivity contribution >= 4 is 0 Å². The Labute approximate surface area is 129 Å². The van der Waals surface area contributed by atoms with Gasteiger partial charge in [-0.1, -0.05) is 17.3 Å². The molecule has 22 heavy (non-hydrogen) atoms. The Hall–Kier alpha value is -1.79. The minimum absolute atomic E-state index is 0.178. The third kappa shape index (κ3) is 3.69. The maximum absolute atomic E-state index is 13.3. The normalized spacial score (nSPS) is 18.9. The molecule has 0 aliphatic carbocycles. The van der Waals surface area contributed by atoms with Crippen LogP contribution in [0.3, 0.4) is 0 Å². The third-order valence-electron chi connectivity index (χ3n) is 3.98. The molecular formula is C16H20FN3O2. The Bertz CT molecular complexity index is 617. The Balaban J connectivity index is 1.62. The lowest BCUT2D eigenvalue weighted by atomic mass is 10.0. The van der Waals surface area contributed by atoms with Gasteiger partial charge < -0.3 is 9.26 Å². The molecule has 0 saturated carbocycles. The Kier molecular flexibility index (Phi) is 4.80. The zero-order valence-electron chi connectivity index (χ0n) is 12.7. The average Bonchev–Trinajstić information content (AvgIpc) is 3.10. The van der Waals surface area contributed by atoms with Crippen LogP contribution in [0.25, 0.3) is 0 Å². The molecule has 1 aromatic carbocycles. The molecule has 3 rings (SSSR count).